The summed E-state index contributed by atoms with van der Waals surface area (Å²) >= 11 is 10.1. The highest BCUT2D eigenvalue weighted by atomic mass is 79.9. The highest BCUT2D eigenvalue weighted by Crippen LogP contribution is 2.37. The van der Waals surface area contributed by atoms with Crippen LogP contribution >= 0.6 is 54.5 Å². The Bertz CT molecular complexity index is 725. The number of pyridine rings is 1. The molecule has 0 aliphatic heterocycles. The van der Waals surface area contributed by atoms with E-state index in [1.165, 1.54) is 0 Å². The van der Waals surface area contributed by atoms with Gasteiger partial charge in [0.15, 0.2) is 0 Å². The van der Waals surface area contributed by atoms with Crippen molar-refractivity contribution in [2.45, 2.75) is 0 Å². The molecule has 0 amide bonds. The molecule has 0 radical (unpaired) electrons. The van der Waals surface area contributed by atoms with Crippen molar-refractivity contribution < 1.29 is 0 Å². The molecule has 0 unspecified atom stereocenters. The van der Waals surface area contributed by atoms with Gasteiger partial charge in [-0.15, -0.1) is 22.7 Å². The van der Waals surface area contributed by atoms with E-state index in [2.05, 4.69) is 36.8 Å². The molecule has 15 heavy (non-hydrogen) atoms. The SMILES string of the molecule is O=c1[nH]c2cc(Br)sc2c2sc(Br)cc12. The molecule has 2 nitrogen and oxygen atoms in total. The van der Waals surface area contributed by atoms with Crippen molar-refractivity contribution in [2.24, 2.45) is 0 Å². The van der Waals surface area contributed by atoms with Crippen LogP contribution in [0.2, 0.25) is 0 Å². The van der Waals surface area contributed by atoms with Crippen molar-refractivity contribution in [1.82, 2.24) is 4.98 Å². The first kappa shape index (κ1) is 10.0. The van der Waals surface area contributed by atoms with E-state index in [1.54, 1.807) is 22.7 Å². The van der Waals surface area contributed by atoms with E-state index in [9.17, 15) is 4.79 Å². The molecule has 76 valence electrons. The minimum absolute atomic E-state index is 0.0234. The molecule has 3 aromatic heterocycles. The van der Waals surface area contributed by atoms with Crippen LogP contribution in [0.1, 0.15) is 0 Å². The molecule has 0 saturated heterocycles. The number of hydrogen-bond acceptors (Lipinski definition) is 3. The van der Waals surface area contributed by atoms with Gasteiger partial charge in [-0.05, 0) is 44.0 Å². The van der Waals surface area contributed by atoms with Crippen molar-refractivity contribution >= 4 is 74.8 Å². The van der Waals surface area contributed by atoms with Crippen molar-refractivity contribution in [3.05, 3.63) is 30.1 Å². The highest BCUT2D eigenvalue weighted by Gasteiger charge is 2.11. The predicted octanol–water partition coefficient (Wildman–Crippen LogP) is 4.33. The Hall–Kier alpha value is -0.170. The molecule has 3 heterocycles. The lowest BCUT2D eigenvalue weighted by Crippen LogP contribution is -2.03. The third kappa shape index (κ3) is 1.51. The molecule has 6 heteroatoms. The molecule has 3 aromatic rings. The fraction of sp³-hybridized carbons (Fsp3) is 0. The summed E-state index contributed by atoms with van der Waals surface area (Å²) in [6.45, 7) is 0. The smallest absolute Gasteiger partial charge is 0.257 e. The monoisotopic (exact) mass is 363 g/mol. The van der Waals surface area contributed by atoms with Crippen molar-refractivity contribution in [1.29, 1.82) is 0 Å². The number of H-pyrrole nitrogens is 1. The first-order valence-corrected chi connectivity index (χ1v) is 7.27. The van der Waals surface area contributed by atoms with E-state index in [0.717, 1.165) is 27.9 Å². The summed E-state index contributed by atoms with van der Waals surface area (Å²) < 4.78 is 4.20. The van der Waals surface area contributed by atoms with Crippen LogP contribution in [0.15, 0.2) is 24.5 Å². The number of aromatic nitrogens is 1. The molecule has 1 N–H and O–H groups in total. The predicted molar refractivity (Wildman–Crippen MR) is 73.2 cm³/mol. The van der Waals surface area contributed by atoms with Gasteiger partial charge in [0, 0.05) is 0 Å². The van der Waals surface area contributed by atoms with E-state index >= 15 is 0 Å². The molecule has 3 rings (SSSR count). The van der Waals surface area contributed by atoms with Gasteiger partial charge in [0.2, 0.25) is 0 Å². The topological polar surface area (TPSA) is 32.9 Å². The minimum Gasteiger partial charge on any atom is -0.321 e. The summed E-state index contributed by atoms with van der Waals surface area (Å²) in [5.41, 5.74) is 0.878. The normalized spacial score (nSPS) is 11.6. The minimum atomic E-state index is -0.0234. The number of nitrogens with one attached hydrogen (secondary N) is 1. The fourth-order valence-electron chi connectivity index (χ4n) is 1.51. The van der Waals surface area contributed by atoms with E-state index in [-0.39, 0.29) is 5.56 Å². The van der Waals surface area contributed by atoms with E-state index in [1.807, 2.05) is 12.1 Å². The maximum absolute atomic E-state index is 11.7. The molecule has 0 aliphatic carbocycles. The zero-order valence-corrected chi connectivity index (χ0v) is 11.9. The number of thiophene rings is 2. The van der Waals surface area contributed by atoms with Gasteiger partial charge in [0.25, 0.3) is 5.56 Å². The second-order valence-corrected chi connectivity index (χ2v) is 7.90. The van der Waals surface area contributed by atoms with Crippen molar-refractivity contribution in [3.63, 3.8) is 0 Å². The number of fused-ring (bicyclic) bond motifs is 3. The van der Waals surface area contributed by atoms with Crippen LogP contribution in [0, 0.1) is 0 Å². The van der Waals surface area contributed by atoms with Crippen LogP contribution < -0.4 is 5.56 Å². The van der Waals surface area contributed by atoms with Crippen LogP contribution in [0.3, 0.4) is 0 Å². The second-order valence-electron chi connectivity index (χ2n) is 3.04. The van der Waals surface area contributed by atoms with Crippen LogP contribution in [0.4, 0.5) is 0 Å². The molecule has 0 fully saturated rings. The number of hydrogen-bond donors (Lipinski definition) is 1. The summed E-state index contributed by atoms with van der Waals surface area (Å²) in [6, 6.07) is 3.81. The molecule has 0 aromatic carbocycles. The lowest BCUT2D eigenvalue weighted by Gasteiger charge is -1.90. The van der Waals surface area contributed by atoms with Crippen LogP contribution in [-0.4, -0.2) is 4.98 Å². The van der Waals surface area contributed by atoms with Gasteiger partial charge in [0.05, 0.1) is 27.9 Å². The zero-order valence-electron chi connectivity index (χ0n) is 7.14. The van der Waals surface area contributed by atoms with Crippen LogP contribution in [0.25, 0.3) is 20.3 Å². The van der Waals surface area contributed by atoms with Gasteiger partial charge in [0.1, 0.15) is 0 Å². The summed E-state index contributed by atoms with van der Waals surface area (Å²) in [5.74, 6) is 0. The highest BCUT2D eigenvalue weighted by molar-refractivity contribution is 9.11. The number of rotatable bonds is 0. The second kappa shape index (κ2) is 3.41. The first-order chi connectivity index (χ1) is 7.15. The summed E-state index contributed by atoms with van der Waals surface area (Å²) in [6.07, 6.45) is 0. The molecule has 0 atom stereocenters. The van der Waals surface area contributed by atoms with Gasteiger partial charge in [-0.2, -0.15) is 0 Å². The number of aromatic amines is 1. The Labute approximate surface area is 109 Å². The van der Waals surface area contributed by atoms with Gasteiger partial charge in [-0.25, -0.2) is 0 Å². The third-order valence-corrected chi connectivity index (χ3v) is 5.54. The van der Waals surface area contributed by atoms with Gasteiger partial charge >= 0.3 is 0 Å². The van der Waals surface area contributed by atoms with E-state index < -0.39 is 0 Å². The quantitative estimate of drug-likeness (QED) is 0.632. The third-order valence-electron chi connectivity index (χ3n) is 2.10. The largest absolute Gasteiger partial charge is 0.321 e. The van der Waals surface area contributed by atoms with Crippen LogP contribution in [0.5, 0.6) is 0 Å². The lowest BCUT2D eigenvalue weighted by atomic mass is 10.3. The molecule has 0 bridgehead atoms. The van der Waals surface area contributed by atoms with Crippen LogP contribution in [-0.2, 0) is 0 Å². The molecule has 0 aliphatic rings. The standard InChI is InChI=1S/C9H3Br2NOS2/c10-5-1-3-7(14-5)8-4(12-9(3)13)2-6(11)15-8/h1-2H,(H,12,13). The van der Waals surface area contributed by atoms with Gasteiger partial charge < -0.3 is 4.98 Å². The summed E-state index contributed by atoms with van der Waals surface area (Å²) in [5, 5.41) is 0.758. The Balaban J connectivity index is 2.67. The fourth-order valence-corrected chi connectivity index (χ4v) is 4.82. The van der Waals surface area contributed by atoms with Gasteiger partial charge in [-0.1, -0.05) is 0 Å². The summed E-state index contributed by atoms with van der Waals surface area (Å²) in [4.78, 5) is 14.6. The lowest BCUT2D eigenvalue weighted by molar-refractivity contribution is 1.36. The van der Waals surface area contributed by atoms with Gasteiger partial charge in [-0.3, -0.25) is 4.79 Å². The van der Waals surface area contributed by atoms with Crippen molar-refractivity contribution in [2.75, 3.05) is 0 Å². The Kier molecular flexibility index (Phi) is 2.28. The molecular formula is C9H3Br2NOS2. The van der Waals surface area contributed by atoms with Crippen molar-refractivity contribution in [3.8, 4) is 0 Å². The van der Waals surface area contributed by atoms with E-state index in [0.29, 0.717) is 0 Å². The maximum Gasteiger partial charge on any atom is 0.257 e. The molecular weight excluding hydrogens is 362 g/mol. The average Bonchev–Trinajstić information content (AvgIpc) is 2.68. The van der Waals surface area contributed by atoms with E-state index in [4.69, 9.17) is 0 Å². The summed E-state index contributed by atoms with van der Waals surface area (Å²) in [7, 11) is 0. The Morgan fingerprint density at radius 2 is 1.73 bits per heavy atom. The maximum atomic E-state index is 11.7. The average molecular weight is 365 g/mol. The number of halogens is 2. The Morgan fingerprint density at radius 3 is 2.53 bits per heavy atom. The zero-order chi connectivity index (χ0) is 10.6. The first-order valence-electron chi connectivity index (χ1n) is 4.05. The molecule has 0 spiro atoms. The molecule has 0 saturated carbocycles. The Morgan fingerprint density at radius 1 is 1.07 bits per heavy atom.